The van der Waals surface area contributed by atoms with Crippen molar-refractivity contribution in [2.45, 2.75) is 32.0 Å². The summed E-state index contributed by atoms with van der Waals surface area (Å²) in [5.74, 6) is 0.285. The Kier molecular flexibility index (Phi) is 2.78. The van der Waals surface area contributed by atoms with Crippen LogP contribution in [0.3, 0.4) is 0 Å². The predicted octanol–water partition coefficient (Wildman–Crippen LogP) is 1.81. The smallest absolute Gasteiger partial charge is 0.311 e. The maximum Gasteiger partial charge on any atom is 0.311 e. The number of hydrogen-bond donors (Lipinski definition) is 1. The largest absolute Gasteiger partial charge is 0.483 e. The Labute approximate surface area is 92.8 Å². The first-order chi connectivity index (χ1) is 7.56. The van der Waals surface area contributed by atoms with Gasteiger partial charge in [0.15, 0.2) is 5.75 Å². The second kappa shape index (κ2) is 4.09. The van der Waals surface area contributed by atoms with E-state index in [2.05, 4.69) is 0 Å². The van der Waals surface area contributed by atoms with Crippen LogP contribution in [-0.4, -0.2) is 22.2 Å². The van der Waals surface area contributed by atoms with E-state index in [0.29, 0.717) is 12.8 Å². The zero-order chi connectivity index (χ0) is 11.7. The summed E-state index contributed by atoms with van der Waals surface area (Å²) < 4.78 is 5.47. The number of aryl methyl sites for hydroxylation is 1. The third-order valence-electron chi connectivity index (χ3n) is 2.67. The zero-order valence-corrected chi connectivity index (χ0v) is 8.92. The molecule has 1 aliphatic rings. The van der Waals surface area contributed by atoms with Crippen LogP contribution in [0.1, 0.15) is 18.4 Å². The normalized spacial score (nSPS) is 23.6. The Morgan fingerprint density at radius 3 is 2.75 bits per heavy atom. The minimum absolute atomic E-state index is 0.0126. The number of ether oxygens (including phenoxy) is 1. The molecule has 0 aliphatic heterocycles. The fraction of sp³-hybridized carbons (Fsp3) is 0.455. The maximum absolute atomic E-state index is 10.8. The van der Waals surface area contributed by atoms with E-state index in [1.165, 1.54) is 6.07 Å². The third-order valence-corrected chi connectivity index (χ3v) is 2.67. The molecule has 86 valence electrons. The summed E-state index contributed by atoms with van der Waals surface area (Å²) in [5.41, 5.74) is 0.814. The molecule has 0 radical (unpaired) electrons. The van der Waals surface area contributed by atoms with Crippen LogP contribution < -0.4 is 4.74 Å². The van der Waals surface area contributed by atoms with Crippen LogP contribution in [-0.2, 0) is 0 Å². The SMILES string of the molecule is Cc1ccc(OC2CC(O)C2)c([N+](=O)[O-])c1. The Morgan fingerprint density at radius 1 is 1.50 bits per heavy atom. The first-order valence-electron chi connectivity index (χ1n) is 5.16. The number of nitro groups is 1. The van der Waals surface area contributed by atoms with Gasteiger partial charge in [0.05, 0.1) is 11.0 Å². The van der Waals surface area contributed by atoms with Gasteiger partial charge in [-0.05, 0) is 18.6 Å². The van der Waals surface area contributed by atoms with Gasteiger partial charge in [0.1, 0.15) is 6.10 Å². The van der Waals surface area contributed by atoms with Gasteiger partial charge in [0.2, 0.25) is 0 Å². The molecule has 0 saturated heterocycles. The van der Waals surface area contributed by atoms with Crippen molar-refractivity contribution in [1.29, 1.82) is 0 Å². The first-order valence-corrected chi connectivity index (χ1v) is 5.16. The molecular formula is C11H13NO4. The van der Waals surface area contributed by atoms with Gasteiger partial charge in [0, 0.05) is 18.9 Å². The molecular weight excluding hydrogens is 210 g/mol. The fourth-order valence-corrected chi connectivity index (χ4v) is 1.68. The molecule has 1 aromatic rings. The van der Waals surface area contributed by atoms with Gasteiger partial charge in [-0.25, -0.2) is 0 Å². The van der Waals surface area contributed by atoms with Gasteiger partial charge in [-0.3, -0.25) is 10.1 Å². The van der Waals surface area contributed by atoms with Crippen molar-refractivity contribution in [3.63, 3.8) is 0 Å². The van der Waals surface area contributed by atoms with Gasteiger partial charge in [-0.1, -0.05) is 6.07 Å². The average molecular weight is 223 g/mol. The number of nitrogens with zero attached hydrogens (tertiary/aromatic N) is 1. The molecule has 1 saturated carbocycles. The van der Waals surface area contributed by atoms with Crippen LogP contribution in [0.4, 0.5) is 5.69 Å². The molecule has 0 heterocycles. The van der Waals surface area contributed by atoms with E-state index < -0.39 is 4.92 Å². The van der Waals surface area contributed by atoms with Gasteiger partial charge < -0.3 is 9.84 Å². The number of benzene rings is 1. The predicted molar refractivity (Wildman–Crippen MR) is 57.5 cm³/mol. The maximum atomic E-state index is 10.8. The molecule has 1 N–H and O–H groups in total. The lowest BCUT2D eigenvalue weighted by Gasteiger charge is -2.31. The lowest BCUT2D eigenvalue weighted by Crippen LogP contribution is -2.37. The quantitative estimate of drug-likeness (QED) is 0.626. The van der Waals surface area contributed by atoms with Crippen LogP contribution in [0.5, 0.6) is 5.75 Å². The van der Waals surface area contributed by atoms with Crippen LogP contribution in [0.25, 0.3) is 0 Å². The van der Waals surface area contributed by atoms with E-state index in [4.69, 9.17) is 9.84 Å². The van der Waals surface area contributed by atoms with Gasteiger partial charge in [-0.15, -0.1) is 0 Å². The zero-order valence-electron chi connectivity index (χ0n) is 8.92. The van der Waals surface area contributed by atoms with Crippen molar-refractivity contribution >= 4 is 5.69 Å². The summed E-state index contributed by atoms with van der Waals surface area (Å²) in [6, 6.07) is 4.88. The minimum atomic E-state index is -0.447. The Morgan fingerprint density at radius 2 is 2.19 bits per heavy atom. The fourth-order valence-electron chi connectivity index (χ4n) is 1.68. The van der Waals surface area contributed by atoms with E-state index in [0.717, 1.165) is 5.56 Å². The number of rotatable bonds is 3. The Balaban J connectivity index is 2.16. The van der Waals surface area contributed by atoms with Gasteiger partial charge >= 0.3 is 5.69 Å². The Hall–Kier alpha value is -1.62. The van der Waals surface area contributed by atoms with Crippen LogP contribution >= 0.6 is 0 Å². The van der Waals surface area contributed by atoms with Crippen LogP contribution in [0.15, 0.2) is 18.2 Å². The first kappa shape index (κ1) is 10.9. The van der Waals surface area contributed by atoms with Crippen molar-refractivity contribution in [3.05, 3.63) is 33.9 Å². The topological polar surface area (TPSA) is 72.6 Å². The molecule has 2 rings (SSSR count). The van der Waals surface area contributed by atoms with E-state index >= 15 is 0 Å². The van der Waals surface area contributed by atoms with Crippen molar-refractivity contribution in [2.24, 2.45) is 0 Å². The van der Waals surface area contributed by atoms with Crippen LogP contribution in [0.2, 0.25) is 0 Å². The second-order valence-corrected chi connectivity index (χ2v) is 4.09. The molecule has 1 aliphatic carbocycles. The average Bonchev–Trinajstić information content (AvgIpc) is 2.17. The lowest BCUT2D eigenvalue weighted by molar-refractivity contribution is -0.386. The highest BCUT2D eigenvalue weighted by Crippen LogP contribution is 2.32. The van der Waals surface area contributed by atoms with Crippen molar-refractivity contribution in [3.8, 4) is 5.75 Å². The van der Waals surface area contributed by atoms with Gasteiger partial charge in [-0.2, -0.15) is 0 Å². The second-order valence-electron chi connectivity index (χ2n) is 4.09. The summed E-state index contributed by atoms with van der Waals surface area (Å²) in [6.45, 7) is 1.80. The highest BCUT2D eigenvalue weighted by Gasteiger charge is 2.30. The number of nitro benzene ring substituents is 1. The molecule has 0 spiro atoms. The lowest BCUT2D eigenvalue weighted by atomic mass is 9.92. The summed E-state index contributed by atoms with van der Waals surface area (Å²) in [5, 5.41) is 19.9. The van der Waals surface area contributed by atoms with E-state index in [1.807, 2.05) is 0 Å². The number of hydrogen-bond acceptors (Lipinski definition) is 4. The standard InChI is InChI=1S/C11H13NO4/c1-7-2-3-11(10(4-7)12(14)15)16-9-5-8(13)6-9/h2-4,8-9,13H,5-6H2,1H3. The summed E-state index contributed by atoms with van der Waals surface area (Å²) in [6.07, 6.45) is 0.668. The molecule has 0 aromatic heterocycles. The summed E-state index contributed by atoms with van der Waals surface area (Å²) in [7, 11) is 0. The van der Waals surface area contributed by atoms with Crippen molar-refractivity contribution in [2.75, 3.05) is 0 Å². The molecule has 1 fully saturated rings. The number of aliphatic hydroxyl groups is 1. The molecule has 0 amide bonds. The monoisotopic (exact) mass is 223 g/mol. The number of aliphatic hydroxyl groups excluding tert-OH is 1. The van der Waals surface area contributed by atoms with E-state index in [9.17, 15) is 10.1 Å². The Bertz CT molecular complexity index is 412. The van der Waals surface area contributed by atoms with Gasteiger partial charge in [0.25, 0.3) is 0 Å². The molecule has 0 bridgehead atoms. The molecule has 5 heteroatoms. The molecule has 5 nitrogen and oxygen atoms in total. The highest BCUT2D eigenvalue weighted by molar-refractivity contribution is 5.48. The van der Waals surface area contributed by atoms with Crippen molar-refractivity contribution < 1.29 is 14.8 Å². The highest BCUT2D eigenvalue weighted by atomic mass is 16.6. The summed E-state index contributed by atoms with van der Waals surface area (Å²) in [4.78, 5) is 10.4. The van der Waals surface area contributed by atoms with E-state index in [1.54, 1.807) is 19.1 Å². The third kappa shape index (κ3) is 2.14. The summed E-state index contributed by atoms with van der Waals surface area (Å²) >= 11 is 0. The van der Waals surface area contributed by atoms with Crippen LogP contribution in [0, 0.1) is 17.0 Å². The molecule has 0 unspecified atom stereocenters. The molecule has 1 aromatic carbocycles. The minimum Gasteiger partial charge on any atom is -0.483 e. The van der Waals surface area contributed by atoms with Crippen molar-refractivity contribution in [1.82, 2.24) is 0 Å². The molecule has 0 atom stereocenters. The van der Waals surface area contributed by atoms with E-state index in [-0.39, 0.29) is 23.6 Å². The molecule has 16 heavy (non-hydrogen) atoms.